The second-order valence-electron chi connectivity index (χ2n) is 10.5. The van der Waals surface area contributed by atoms with Crippen molar-refractivity contribution in [1.29, 1.82) is 0 Å². The summed E-state index contributed by atoms with van der Waals surface area (Å²) in [5.74, 6) is -3.55. The van der Waals surface area contributed by atoms with Gasteiger partial charge in [0.15, 0.2) is 5.82 Å². The lowest BCUT2D eigenvalue weighted by molar-refractivity contribution is 0.0156. The van der Waals surface area contributed by atoms with Crippen LogP contribution in [-0.4, -0.2) is 73.2 Å². The summed E-state index contributed by atoms with van der Waals surface area (Å²) in [4.78, 5) is 12.6. The van der Waals surface area contributed by atoms with Gasteiger partial charge in [0.05, 0.1) is 18.1 Å². The number of aromatic nitrogens is 2. The molecule has 2 fully saturated rings. The van der Waals surface area contributed by atoms with Crippen LogP contribution >= 0.6 is 23.2 Å². The molecule has 2 aliphatic rings. The molecule has 1 N–H and O–H groups in total. The summed E-state index contributed by atoms with van der Waals surface area (Å²) >= 11 is 13.3. The van der Waals surface area contributed by atoms with E-state index in [2.05, 4.69) is 20.2 Å². The molecule has 40 heavy (non-hydrogen) atoms. The van der Waals surface area contributed by atoms with E-state index in [1.165, 1.54) is 4.90 Å². The monoisotopic (exact) mass is 589 g/mol. The molecule has 6 rings (SSSR count). The third-order valence-corrected chi connectivity index (χ3v) is 8.32. The zero-order valence-electron chi connectivity index (χ0n) is 21.9. The van der Waals surface area contributed by atoms with Crippen LogP contribution in [0, 0.1) is 5.82 Å². The van der Waals surface area contributed by atoms with E-state index in [1.807, 2.05) is 25.2 Å². The number of likely N-dealkylation sites (N-methyl/N-ethyl adjacent to an activating group) is 1. The highest BCUT2D eigenvalue weighted by molar-refractivity contribution is 6.38. The predicted octanol–water partition coefficient (Wildman–Crippen LogP) is 6.41. The molecule has 1 aromatic heterocycles. The topological polar surface area (TPSA) is 53.5 Å². The molecule has 0 spiro atoms. The van der Waals surface area contributed by atoms with E-state index in [-0.39, 0.29) is 45.9 Å². The molecule has 0 amide bonds. The van der Waals surface area contributed by atoms with Crippen molar-refractivity contribution >= 4 is 50.7 Å². The van der Waals surface area contributed by atoms with Crippen molar-refractivity contribution in [3.63, 3.8) is 0 Å². The summed E-state index contributed by atoms with van der Waals surface area (Å²) in [5, 5.41) is 5.03. The molecule has 0 bridgehead atoms. The van der Waals surface area contributed by atoms with Crippen LogP contribution in [0.4, 0.5) is 19.0 Å². The Kier molecular flexibility index (Phi) is 7.41. The Morgan fingerprint density at radius 3 is 2.67 bits per heavy atom. The van der Waals surface area contributed by atoms with E-state index < -0.39 is 24.8 Å². The summed E-state index contributed by atoms with van der Waals surface area (Å²) in [5.41, 5.74) is 0.582. The Morgan fingerprint density at radius 2 is 1.90 bits per heavy atom. The van der Waals surface area contributed by atoms with Gasteiger partial charge in [-0.25, -0.2) is 13.2 Å². The Balaban J connectivity index is 1.53. The summed E-state index contributed by atoms with van der Waals surface area (Å²) in [7, 11) is 2.02. The van der Waals surface area contributed by atoms with Gasteiger partial charge in [-0.2, -0.15) is 9.97 Å². The minimum absolute atomic E-state index is 0.0521. The van der Waals surface area contributed by atoms with Gasteiger partial charge in [0.2, 0.25) is 0 Å². The number of hydrogen-bond acceptors (Lipinski definition) is 6. The SMILES string of the molecule is CN1CCC[C@H]1COc1nc(N2CCNCC(F)(F)C2)c2cc(Cl)c(-c3cccc4cccc(Cl)c34)c(F)c2n1. The van der Waals surface area contributed by atoms with Gasteiger partial charge in [-0.3, -0.25) is 0 Å². The van der Waals surface area contributed by atoms with Crippen molar-refractivity contribution in [3.05, 3.63) is 58.3 Å². The fourth-order valence-electron chi connectivity index (χ4n) is 5.66. The lowest BCUT2D eigenvalue weighted by atomic mass is 9.96. The van der Waals surface area contributed by atoms with Crippen LogP contribution in [0.5, 0.6) is 6.01 Å². The number of rotatable bonds is 5. The van der Waals surface area contributed by atoms with E-state index in [4.69, 9.17) is 27.9 Å². The van der Waals surface area contributed by atoms with Crippen molar-refractivity contribution in [2.24, 2.45) is 0 Å². The standard InChI is InChI=1S/C29H28Cl2F3N5O/c1-38-11-4-7-18(38)14-40-28-36-26-20(27(37-28)39-12-10-35-15-29(33,34)16-39)13-22(31)24(25(26)32)19-8-2-5-17-6-3-9-21(30)23(17)19/h2-3,5-6,8-9,13,18,35H,4,7,10-12,14-16H2,1H3/t18-/m0/s1. The van der Waals surface area contributed by atoms with Crippen LogP contribution in [-0.2, 0) is 0 Å². The largest absolute Gasteiger partial charge is 0.462 e. The highest BCUT2D eigenvalue weighted by Gasteiger charge is 2.35. The maximum Gasteiger partial charge on any atom is 0.319 e. The Hall–Kier alpha value is -2.85. The van der Waals surface area contributed by atoms with Gasteiger partial charge in [0, 0.05) is 40.5 Å². The van der Waals surface area contributed by atoms with Gasteiger partial charge in [-0.05, 0) is 49.5 Å². The lowest BCUT2D eigenvalue weighted by Gasteiger charge is -2.26. The molecule has 6 nitrogen and oxygen atoms in total. The number of anilines is 1. The normalized spacial score (nSPS) is 19.9. The first-order valence-electron chi connectivity index (χ1n) is 13.3. The number of nitrogens with zero attached hydrogens (tertiary/aromatic N) is 4. The number of hydrogen-bond donors (Lipinski definition) is 1. The maximum atomic E-state index is 16.6. The number of likely N-dealkylation sites (tertiary alicyclic amines) is 1. The molecular formula is C29H28Cl2F3N5O. The quantitative estimate of drug-likeness (QED) is 0.290. The molecule has 210 valence electrons. The maximum absolute atomic E-state index is 16.6. The van der Waals surface area contributed by atoms with Gasteiger partial charge < -0.3 is 19.9 Å². The smallest absolute Gasteiger partial charge is 0.319 e. The molecule has 1 atom stereocenters. The van der Waals surface area contributed by atoms with Crippen LogP contribution < -0.4 is 15.0 Å². The minimum Gasteiger partial charge on any atom is -0.462 e. The van der Waals surface area contributed by atoms with Gasteiger partial charge in [-0.15, -0.1) is 0 Å². The molecule has 0 saturated carbocycles. The second-order valence-corrected chi connectivity index (χ2v) is 11.3. The average Bonchev–Trinajstić information content (AvgIpc) is 3.24. The lowest BCUT2D eigenvalue weighted by Crippen LogP contribution is -2.39. The van der Waals surface area contributed by atoms with E-state index >= 15 is 4.39 Å². The van der Waals surface area contributed by atoms with Crippen LogP contribution in [0.1, 0.15) is 12.8 Å². The van der Waals surface area contributed by atoms with Crippen LogP contribution in [0.15, 0.2) is 42.5 Å². The zero-order valence-corrected chi connectivity index (χ0v) is 23.4. The molecule has 2 saturated heterocycles. The number of alkyl halides is 2. The highest BCUT2D eigenvalue weighted by atomic mass is 35.5. The molecule has 11 heteroatoms. The van der Waals surface area contributed by atoms with Crippen LogP contribution in [0.25, 0.3) is 32.8 Å². The first-order valence-corrected chi connectivity index (χ1v) is 14.0. The third-order valence-electron chi connectivity index (χ3n) is 7.71. The van der Waals surface area contributed by atoms with Gasteiger partial charge >= 0.3 is 6.01 Å². The number of fused-ring (bicyclic) bond motifs is 2. The fraction of sp³-hybridized carbons (Fsp3) is 0.379. The number of nitrogens with one attached hydrogen (secondary N) is 1. The number of halogens is 5. The summed E-state index contributed by atoms with van der Waals surface area (Å²) < 4.78 is 51.8. The van der Waals surface area contributed by atoms with Crippen molar-refractivity contribution in [3.8, 4) is 17.1 Å². The first kappa shape index (κ1) is 27.3. The molecular weight excluding hydrogens is 562 g/mol. The molecule has 3 aromatic carbocycles. The highest BCUT2D eigenvalue weighted by Crippen LogP contribution is 2.43. The number of ether oxygens (including phenoxy) is 1. The van der Waals surface area contributed by atoms with E-state index in [0.717, 1.165) is 24.8 Å². The predicted molar refractivity (Wildman–Crippen MR) is 154 cm³/mol. The Bertz CT molecular complexity index is 1580. The third kappa shape index (κ3) is 5.16. The van der Waals surface area contributed by atoms with Crippen molar-refractivity contribution < 1.29 is 17.9 Å². The van der Waals surface area contributed by atoms with Gasteiger partial charge in [-0.1, -0.05) is 53.5 Å². The van der Waals surface area contributed by atoms with Crippen molar-refractivity contribution in [2.75, 3.05) is 51.3 Å². The molecule has 0 unspecified atom stereocenters. The molecule has 2 aliphatic heterocycles. The summed E-state index contributed by atoms with van der Waals surface area (Å²) in [6, 6.07) is 12.5. The van der Waals surface area contributed by atoms with Crippen molar-refractivity contribution in [2.45, 2.75) is 24.8 Å². The molecule has 3 heterocycles. The average molecular weight is 590 g/mol. The van der Waals surface area contributed by atoms with Crippen LogP contribution in [0.3, 0.4) is 0 Å². The van der Waals surface area contributed by atoms with Gasteiger partial charge in [0.1, 0.15) is 17.9 Å². The zero-order chi connectivity index (χ0) is 28.0. The second kappa shape index (κ2) is 10.9. The van der Waals surface area contributed by atoms with E-state index in [9.17, 15) is 8.78 Å². The minimum atomic E-state index is -3.01. The molecule has 4 aromatic rings. The summed E-state index contributed by atoms with van der Waals surface area (Å²) in [6.45, 7) is 0.777. The first-order chi connectivity index (χ1) is 19.2. The van der Waals surface area contributed by atoms with Gasteiger partial charge in [0.25, 0.3) is 5.92 Å². The van der Waals surface area contributed by atoms with E-state index in [1.54, 1.807) is 24.3 Å². The molecule has 0 radical (unpaired) electrons. The Labute approximate surface area is 240 Å². The Morgan fingerprint density at radius 1 is 1.10 bits per heavy atom. The van der Waals surface area contributed by atoms with Crippen LogP contribution in [0.2, 0.25) is 10.0 Å². The summed E-state index contributed by atoms with van der Waals surface area (Å²) in [6.07, 6.45) is 2.01. The molecule has 0 aliphatic carbocycles. The fourth-order valence-corrected chi connectivity index (χ4v) is 6.23. The van der Waals surface area contributed by atoms with E-state index in [0.29, 0.717) is 29.1 Å². The van der Waals surface area contributed by atoms with Crippen molar-refractivity contribution in [1.82, 2.24) is 20.2 Å². The number of benzene rings is 3.